The molecule has 8 rings (SSSR count). The van der Waals surface area contributed by atoms with E-state index in [2.05, 4.69) is 70.2 Å². The second-order valence-corrected chi connectivity index (χ2v) is 19.1. The summed E-state index contributed by atoms with van der Waals surface area (Å²) in [6, 6.07) is 28.8. The summed E-state index contributed by atoms with van der Waals surface area (Å²) in [5, 5.41) is 20.9. The van der Waals surface area contributed by atoms with Gasteiger partial charge < -0.3 is 28.8 Å². The van der Waals surface area contributed by atoms with Crippen molar-refractivity contribution >= 4 is 43.8 Å². The van der Waals surface area contributed by atoms with Crippen LogP contribution in [0.5, 0.6) is 11.5 Å². The lowest BCUT2D eigenvalue weighted by atomic mass is 9.98. The molecule has 14 heteroatoms. The highest BCUT2D eigenvalue weighted by Gasteiger charge is 2.28. The fourth-order valence-corrected chi connectivity index (χ4v) is 10.9. The van der Waals surface area contributed by atoms with Gasteiger partial charge in [-0.15, -0.1) is 0 Å². The Morgan fingerprint density at radius 3 is 2.48 bits per heavy atom. The quantitative estimate of drug-likeness (QED) is 0.0695. The number of fused-ring (bicyclic) bond motifs is 2. The van der Waals surface area contributed by atoms with Crippen LogP contribution < -0.4 is 19.1 Å². The minimum absolute atomic E-state index is 0.290. The largest absolute Gasteiger partial charge is 0.493 e. The Labute approximate surface area is 366 Å². The van der Waals surface area contributed by atoms with Crippen molar-refractivity contribution in [3.05, 3.63) is 108 Å². The van der Waals surface area contributed by atoms with Gasteiger partial charge in [-0.25, -0.2) is 9.08 Å². The lowest BCUT2D eigenvalue weighted by molar-refractivity contribution is -0.0111. The summed E-state index contributed by atoms with van der Waals surface area (Å²) < 4.78 is 32.4. The molecule has 0 radical (unpaired) electrons. The van der Waals surface area contributed by atoms with Gasteiger partial charge in [0.05, 0.1) is 36.7 Å². The number of para-hydroxylation sites is 1. The maximum absolute atomic E-state index is 13.4. The summed E-state index contributed by atoms with van der Waals surface area (Å²) in [6.45, 7) is 12.6. The minimum atomic E-state index is -1.40. The zero-order chi connectivity index (χ0) is 43.2. The van der Waals surface area contributed by atoms with Gasteiger partial charge in [-0.3, -0.25) is 14.3 Å². The number of aromatic nitrogens is 3. The van der Waals surface area contributed by atoms with Crippen molar-refractivity contribution in [1.29, 1.82) is 0 Å². The Hall–Kier alpha value is -5.09. The predicted molar refractivity (Wildman–Crippen MR) is 250 cm³/mol. The molecule has 4 heterocycles. The number of ether oxygens (including phenoxy) is 3. The first-order chi connectivity index (χ1) is 30.1. The summed E-state index contributed by atoms with van der Waals surface area (Å²) >= 11 is 0. The molecular formula is C48H61N7O6S. The maximum Gasteiger partial charge on any atom is 0.352 e. The van der Waals surface area contributed by atoms with Gasteiger partial charge in [-0.05, 0) is 61.0 Å². The number of morpholine rings is 1. The van der Waals surface area contributed by atoms with E-state index in [-0.39, 0.29) is 0 Å². The average Bonchev–Trinajstić information content (AvgIpc) is 3.67. The van der Waals surface area contributed by atoms with Crippen molar-refractivity contribution in [2.45, 2.75) is 39.8 Å². The fraction of sp³-hybridized carbons (Fsp3) is 0.417. The van der Waals surface area contributed by atoms with E-state index in [1.165, 1.54) is 0 Å². The smallest absolute Gasteiger partial charge is 0.352 e. The van der Waals surface area contributed by atoms with E-state index < -0.39 is 16.5 Å². The minimum Gasteiger partial charge on any atom is -0.493 e. The molecule has 0 saturated carbocycles. The van der Waals surface area contributed by atoms with Gasteiger partial charge in [0, 0.05) is 106 Å². The van der Waals surface area contributed by atoms with Crippen molar-refractivity contribution in [2.24, 2.45) is 7.05 Å². The second kappa shape index (κ2) is 19.5. The van der Waals surface area contributed by atoms with Gasteiger partial charge in [0.15, 0.2) is 0 Å². The number of carbonyl (C=O) groups is 1. The number of hydroxylamine groups is 2. The van der Waals surface area contributed by atoms with E-state index in [1.54, 1.807) is 0 Å². The average molecular weight is 864 g/mol. The molecule has 6 aromatic rings. The number of rotatable bonds is 17. The summed E-state index contributed by atoms with van der Waals surface area (Å²) in [7, 11) is 2.54. The molecule has 2 aliphatic heterocycles. The second-order valence-electron chi connectivity index (χ2n) is 16.3. The topological polar surface area (TPSA) is 119 Å². The van der Waals surface area contributed by atoms with Gasteiger partial charge >= 0.3 is 5.97 Å². The van der Waals surface area contributed by atoms with Gasteiger partial charge in [-0.2, -0.15) is 10.2 Å². The highest BCUT2D eigenvalue weighted by molar-refractivity contribution is 8.27. The lowest BCUT2D eigenvalue weighted by Crippen LogP contribution is -2.38. The van der Waals surface area contributed by atoms with Gasteiger partial charge in [0.25, 0.3) is 0 Å². The molecule has 0 aliphatic carbocycles. The van der Waals surface area contributed by atoms with E-state index in [0.717, 1.165) is 112 Å². The maximum atomic E-state index is 13.4. The van der Waals surface area contributed by atoms with Crippen LogP contribution in [0.25, 0.3) is 32.8 Å². The molecule has 330 valence electrons. The molecule has 0 spiro atoms. The highest BCUT2D eigenvalue weighted by atomic mass is 32.3. The van der Waals surface area contributed by atoms with Crippen LogP contribution in [-0.2, 0) is 35.6 Å². The number of nitrogens with zero attached hydrogens (tertiary/aromatic N) is 6. The summed E-state index contributed by atoms with van der Waals surface area (Å²) in [5.74, 6) is 1.60. The predicted octanol–water partition coefficient (Wildman–Crippen LogP) is 7.68. The zero-order valence-corrected chi connectivity index (χ0v) is 37.6. The van der Waals surface area contributed by atoms with Crippen LogP contribution in [0, 0.1) is 6.92 Å². The third-order valence-corrected chi connectivity index (χ3v) is 14.5. The Balaban J connectivity index is 1.06. The molecule has 2 aliphatic rings. The van der Waals surface area contributed by atoms with Gasteiger partial charge in [0.1, 0.15) is 23.8 Å². The van der Waals surface area contributed by atoms with E-state index in [0.29, 0.717) is 58.1 Å². The monoisotopic (exact) mass is 863 g/mol. The molecule has 2 N–H and O–H groups in total. The number of carboxylic acids is 1. The summed E-state index contributed by atoms with van der Waals surface area (Å²) in [6.07, 6.45) is 3.40. The molecule has 1 atom stereocenters. The molecule has 4 aromatic carbocycles. The molecule has 2 aromatic heterocycles. The first kappa shape index (κ1) is 43.6. The number of hydrogen-bond donors (Lipinski definition) is 2. The summed E-state index contributed by atoms with van der Waals surface area (Å²) in [5.41, 5.74) is 6.89. The molecule has 2 saturated heterocycles. The molecular weight excluding hydrogens is 803 g/mol. The Morgan fingerprint density at radius 1 is 0.935 bits per heavy atom. The van der Waals surface area contributed by atoms with Crippen molar-refractivity contribution in [3.8, 4) is 22.6 Å². The van der Waals surface area contributed by atoms with Crippen LogP contribution in [-0.4, -0.2) is 120 Å². The van der Waals surface area contributed by atoms with Crippen LogP contribution >= 0.6 is 10.5 Å². The van der Waals surface area contributed by atoms with E-state index in [9.17, 15) is 9.90 Å². The summed E-state index contributed by atoms with van der Waals surface area (Å²) in [4.78, 5) is 18.1. The molecule has 62 heavy (non-hydrogen) atoms. The molecule has 2 fully saturated rings. The number of benzene rings is 4. The number of carboxylic acid groups (broad SMARTS) is 1. The Bertz CT molecular complexity index is 2480. The Morgan fingerprint density at radius 2 is 1.69 bits per heavy atom. The van der Waals surface area contributed by atoms with E-state index in [1.807, 2.05) is 77.8 Å². The third kappa shape index (κ3) is 9.60. The van der Waals surface area contributed by atoms with Crippen molar-refractivity contribution in [3.63, 3.8) is 0 Å². The normalized spacial score (nSPS) is 18.6. The Kier molecular flexibility index (Phi) is 13.7. The van der Waals surface area contributed by atoms with Crippen LogP contribution in [0.1, 0.15) is 40.8 Å². The number of anilines is 1. The van der Waals surface area contributed by atoms with Crippen LogP contribution in [0.4, 0.5) is 5.69 Å². The lowest BCUT2D eigenvalue weighted by Gasteiger charge is -2.37. The third-order valence-electron chi connectivity index (χ3n) is 12.2. The van der Waals surface area contributed by atoms with Crippen molar-refractivity contribution in [2.75, 3.05) is 89.6 Å². The number of aromatic carboxylic acids is 1. The number of nitrogens with one attached hydrogen (secondary N) is 1. The fourth-order valence-electron chi connectivity index (χ4n) is 8.87. The standard InChI is InChI=1S/C48H61N7O6S/c1-6-51(3)61-62(5)33-29-54(24-23-49-62)37-19-21-38(22-20-37)60-34-43-45(35(2)50-52(43)4)42-16-10-15-40-41(17-11-30-59-44-18-9-13-36-12-7-8-14-39(36)44)47(48(56)57)55(46(40)42)26-25-53-27-31-58-32-28-53/h7-10,12-16,18-22,49H,6,11,17,23-34H2,1-5H3,(H,56,57). The molecule has 1 unspecified atom stereocenters. The van der Waals surface area contributed by atoms with Crippen molar-refractivity contribution in [1.82, 2.24) is 29.0 Å². The van der Waals surface area contributed by atoms with Gasteiger partial charge in [0.2, 0.25) is 0 Å². The molecule has 13 nitrogen and oxygen atoms in total. The van der Waals surface area contributed by atoms with E-state index >= 15 is 0 Å². The van der Waals surface area contributed by atoms with Crippen LogP contribution in [0.15, 0.2) is 84.9 Å². The van der Waals surface area contributed by atoms with Crippen LogP contribution in [0.2, 0.25) is 0 Å². The van der Waals surface area contributed by atoms with Crippen molar-refractivity contribution < 1.29 is 28.4 Å². The van der Waals surface area contributed by atoms with E-state index in [4.69, 9.17) is 23.6 Å². The zero-order valence-electron chi connectivity index (χ0n) is 36.8. The molecule has 0 amide bonds. The van der Waals surface area contributed by atoms with Gasteiger partial charge in [-0.1, -0.05) is 72.0 Å². The number of hydrogen-bond acceptors (Lipinski definition) is 10. The highest BCUT2D eigenvalue weighted by Crippen LogP contribution is 2.43. The van der Waals surface area contributed by atoms with Crippen LogP contribution in [0.3, 0.4) is 0 Å². The number of aryl methyl sites for hydroxylation is 3. The first-order valence-electron chi connectivity index (χ1n) is 21.8. The first-order valence-corrected chi connectivity index (χ1v) is 24.0. The SMILES string of the molecule is CCN(C)OS1(C)CCN(c2ccc(OCc3c(-c4cccc5c(CCCOc6cccc7ccccc67)c(C(=O)O)n(CCN6CCOCC6)c45)c(C)nn3C)cc2)CCN1. The molecule has 0 bridgehead atoms.